The van der Waals surface area contributed by atoms with E-state index in [2.05, 4.69) is 20.8 Å². The van der Waals surface area contributed by atoms with Crippen molar-refractivity contribution in [2.45, 2.75) is 59.3 Å². The Labute approximate surface area is 106 Å². The second kappa shape index (κ2) is 14.1. The molecule has 0 N–H and O–H groups in total. The molecule has 0 atom stereocenters. The minimum atomic E-state index is 0. The summed E-state index contributed by atoms with van der Waals surface area (Å²) < 4.78 is 0. The van der Waals surface area contributed by atoms with Gasteiger partial charge in [0.1, 0.15) is 0 Å². The van der Waals surface area contributed by atoms with Crippen molar-refractivity contribution in [3.05, 3.63) is 0 Å². The van der Waals surface area contributed by atoms with Gasteiger partial charge in [-0.15, -0.1) is 0 Å². The van der Waals surface area contributed by atoms with Crippen LogP contribution in [0.3, 0.4) is 0 Å². The Kier molecular flexibility index (Phi) is 17.6. The Morgan fingerprint density at radius 2 is 0.929 bits per heavy atom. The largest absolute Gasteiger partial charge is 0.0652 e. The fourth-order valence-electron chi connectivity index (χ4n) is 1.66. The first-order valence-electron chi connectivity index (χ1n) is 6.18. The van der Waals surface area contributed by atoms with Gasteiger partial charge in [-0.3, -0.25) is 0 Å². The predicted octanol–water partition coefficient (Wildman–Crippen LogP) is 4.60. The monoisotopic (exact) mass is 309 g/mol. The van der Waals surface area contributed by atoms with E-state index in [1.165, 1.54) is 38.5 Å². The van der Waals surface area contributed by atoms with Crippen LogP contribution in [0.4, 0.5) is 0 Å². The molecule has 0 saturated heterocycles. The standard InChI is InChI=1S/C12H27P.Pd/c1-4-7-10-13(11-8-5-2)12-9-6-3;/h4-12H2,1-3H3;/p+1. The minimum Gasteiger partial charge on any atom is -0.0652 e. The molecule has 0 rings (SSSR count). The molecular weight excluding hydrogens is 282 g/mol. The van der Waals surface area contributed by atoms with E-state index >= 15 is 0 Å². The van der Waals surface area contributed by atoms with E-state index in [0.29, 0.717) is 0 Å². The molecule has 0 aromatic carbocycles. The van der Waals surface area contributed by atoms with E-state index in [1.807, 2.05) is 0 Å². The topological polar surface area (TPSA) is 0 Å². The van der Waals surface area contributed by atoms with Gasteiger partial charge in [-0.1, -0.05) is 40.0 Å². The summed E-state index contributed by atoms with van der Waals surface area (Å²) in [5, 5.41) is 0. The third kappa shape index (κ3) is 11.2. The van der Waals surface area contributed by atoms with Crippen LogP contribution >= 0.6 is 7.92 Å². The van der Waals surface area contributed by atoms with E-state index in [4.69, 9.17) is 0 Å². The smallest absolute Gasteiger partial charge is 0.0571 e. The molecule has 0 fully saturated rings. The zero-order valence-corrected chi connectivity index (χ0v) is 12.7. The van der Waals surface area contributed by atoms with Gasteiger partial charge in [0.05, 0.1) is 18.5 Å². The molecule has 0 aliphatic rings. The van der Waals surface area contributed by atoms with E-state index in [9.17, 15) is 0 Å². The maximum absolute atomic E-state index is 2.32. The third-order valence-corrected chi connectivity index (χ3v) is 5.83. The molecule has 14 heavy (non-hydrogen) atoms. The van der Waals surface area contributed by atoms with Crippen LogP contribution in [0.15, 0.2) is 0 Å². The number of rotatable bonds is 9. The van der Waals surface area contributed by atoms with Gasteiger partial charge < -0.3 is 0 Å². The van der Waals surface area contributed by atoms with Crippen LogP contribution in [-0.2, 0) is 20.4 Å². The van der Waals surface area contributed by atoms with Crippen molar-refractivity contribution in [2.75, 3.05) is 18.5 Å². The number of unbranched alkanes of at least 4 members (excludes halogenated alkanes) is 3. The van der Waals surface area contributed by atoms with Crippen LogP contribution < -0.4 is 0 Å². The molecule has 0 aromatic heterocycles. The summed E-state index contributed by atoms with van der Waals surface area (Å²) in [6.45, 7) is 6.96. The van der Waals surface area contributed by atoms with E-state index in [1.54, 1.807) is 18.5 Å². The van der Waals surface area contributed by atoms with Crippen molar-refractivity contribution in [1.29, 1.82) is 0 Å². The average Bonchev–Trinajstić information content (AvgIpc) is 2.17. The molecule has 0 saturated carbocycles. The molecule has 0 bridgehead atoms. The van der Waals surface area contributed by atoms with Gasteiger partial charge >= 0.3 is 0 Å². The van der Waals surface area contributed by atoms with Crippen LogP contribution in [0.2, 0.25) is 0 Å². The molecular formula is C12H28PPd+. The van der Waals surface area contributed by atoms with Crippen molar-refractivity contribution in [3.63, 3.8) is 0 Å². The predicted molar refractivity (Wildman–Crippen MR) is 67.6 cm³/mol. The normalized spacial score (nSPS) is 10.3. The zero-order chi connectivity index (χ0) is 9.94. The summed E-state index contributed by atoms with van der Waals surface area (Å²) >= 11 is 0. The summed E-state index contributed by atoms with van der Waals surface area (Å²) in [7, 11) is 0.0675. The Morgan fingerprint density at radius 3 is 1.14 bits per heavy atom. The Bertz CT molecular complexity index is 77.3. The van der Waals surface area contributed by atoms with Gasteiger partial charge in [0.15, 0.2) is 0 Å². The molecule has 0 nitrogen and oxygen atoms in total. The van der Waals surface area contributed by atoms with Crippen molar-refractivity contribution in [2.24, 2.45) is 0 Å². The molecule has 0 aromatic rings. The van der Waals surface area contributed by atoms with Gasteiger partial charge in [-0.25, -0.2) is 0 Å². The van der Waals surface area contributed by atoms with Crippen molar-refractivity contribution >= 4 is 7.92 Å². The van der Waals surface area contributed by atoms with Gasteiger partial charge in [-0.05, 0) is 19.3 Å². The first-order chi connectivity index (χ1) is 6.35. The van der Waals surface area contributed by atoms with Crippen molar-refractivity contribution in [1.82, 2.24) is 0 Å². The van der Waals surface area contributed by atoms with Crippen LogP contribution in [0.25, 0.3) is 0 Å². The van der Waals surface area contributed by atoms with Crippen molar-refractivity contribution < 1.29 is 20.4 Å². The molecule has 0 spiro atoms. The first-order valence-corrected chi connectivity index (χ1v) is 8.30. The molecule has 0 heterocycles. The van der Waals surface area contributed by atoms with Gasteiger partial charge in [0, 0.05) is 28.3 Å². The molecule has 2 heteroatoms. The summed E-state index contributed by atoms with van der Waals surface area (Å²) in [6, 6.07) is 0. The number of hydrogen-bond acceptors (Lipinski definition) is 0. The minimum absolute atomic E-state index is 0. The summed E-state index contributed by atoms with van der Waals surface area (Å²) in [4.78, 5) is 0. The Hall–Kier alpha value is 1.09. The molecule has 0 aliphatic heterocycles. The second-order valence-electron chi connectivity index (χ2n) is 4.06. The number of hydrogen-bond donors (Lipinski definition) is 0. The van der Waals surface area contributed by atoms with Gasteiger partial charge in [0.25, 0.3) is 0 Å². The average molecular weight is 310 g/mol. The van der Waals surface area contributed by atoms with Crippen molar-refractivity contribution in [3.8, 4) is 0 Å². The second-order valence-corrected chi connectivity index (χ2v) is 7.06. The quantitative estimate of drug-likeness (QED) is 0.431. The molecule has 0 radical (unpaired) electrons. The van der Waals surface area contributed by atoms with E-state index in [-0.39, 0.29) is 28.3 Å². The summed E-state index contributed by atoms with van der Waals surface area (Å²) in [5.74, 6) is 0. The summed E-state index contributed by atoms with van der Waals surface area (Å²) in [6.07, 6.45) is 13.4. The maximum atomic E-state index is 2.32. The fourth-order valence-corrected chi connectivity index (χ4v) is 4.97. The molecule has 0 amide bonds. The molecule has 0 aliphatic carbocycles. The Morgan fingerprint density at radius 1 is 0.643 bits per heavy atom. The fraction of sp³-hybridized carbons (Fsp3) is 1.00. The van der Waals surface area contributed by atoms with E-state index in [0.717, 1.165) is 0 Å². The molecule has 90 valence electrons. The van der Waals surface area contributed by atoms with Gasteiger partial charge in [0.2, 0.25) is 0 Å². The van der Waals surface area contributed by atoms with Crippen LogP contribution in [0.5, 0.6) is 0 Å². The SMILES string of the molecule is CCCC[PH+](CCCC)CCCC.[Pd]. The molecule has 0 unspecified atom stereocenters. The van der Waals surface area contributed by atoms with Crippen LogP contribution in [0, 0.1) is 0 Å². The van der Waals surface area contributed by atoms with E-state index < -0.39 is 0 Å². The maximum Gasteiger partial charge on any atom is 0.0571 e. The van der Waals surface area contributed by atoms with Crippen LogP contribution in [0.1, 0.15) is 59.3 Å². The van der Waals surface area contributed by atoms with Crippen LogP contribution in [-0.4, -0.2) is 18.5 Å². The third-order valence-electron chi connectivity index (χ3n) is 2.65. The zero-order valence-electron chi connectivity index (χ0n) is 10.2. The summed E-state index contributed by atoms with van der Waals surface area (Å²) in [5.41, 5.74) is 0. The first kappa shape index (κ1) is 17.5. The Balaban J connectivity index is 0. The van der Waals surface area contributed by atoms with Gasteiger partial charge in [-0.2, -0.15) is 0 Å².